The predicted octanol–water partition coefficient (Wildman–Crippen LogP) is 1.91. The SMILES string of the molecule is CCN(C)c1ccc(CN)cc1C. The van der Waals surface area contributed by atoms with Crippen molar-refractivity contribution in [3.05, 3.63) is 29.3 Å². The van der Waals surface area contributed by atoms with Gasteiger partial charge in [0.25, 0.3) is 0 Å². The van der Waals surface area contributed by atoms with E-state index in [1.54, 1.807) is 0 Å². The van der Waals surface area contributed by atoms with Gasteiger partial charge in [-0.2, -0.15) is 0 Å². The molecule has 0 amide bonds. The third-order valence-electron chi connectivity index (χ3n) is 2.38. The van der Waals surface area contributed by atoms with Crippen LogP contribution >= 0.6 is 0 Å². The third-order valence-corrected chi connectivity index (χ3v) is 2.38. The second kappa shape index (κ2) is 4.28. The van der Waals surface area contributed by atoms with Crippen LogP contribution in [0.2, 0.25) is 0 Å². The van der Waals surface area contributed by atoms with E-state index < -0.39 is 0 Å². The maximum Gasteiger partial charge on any atom is 0.0393 e. The molecule has 2 N–H and O–H groups in total. The Labute approximate surface area is 80.4 Å². The molecule has 0 bridgehead atoms. The van der Waals surface area contributed by atoms with Crippen molar-refractivity contribution >= 4 is 5.69 Å². The van der Waals surface area contributed by atoms with Crippen LogP contribution in [0.25, 0.3) is 0 Å². The van der Waals surface area contributed by atoms with Crippen LogP contribution in [0.15, 0.2) is 18.2 Å². The molecule has 0 aliphatic heterocycles. The first-order valence-electron chi connectivity index (χ1n) is 4.69. The molecule has 0 aromatic heterocycles. The van der Waals surface area contributed by atoms with Crippen molar-refractivity contribution in [1.82, 2.24) is 0 Å². The molecule has 0 aliphatic carbocycles. The zero-order valence-electron chi connectivity index (χ0n) is 8.67. The van der Waals surface area contributed by atoms with Crippen LogP contribution in [0, 0.1) is 6.92 Å². The molecule has 72 valence electrons. The summed E-state index contributed by atoms with van der Waals surface area (Å²) in [6.07, 6.45) is 0. The molecular formula is C11H18N2. The summed E-state index contributed by atoms with van der Waals surface area (Å²) in [5.41, 5.74) is 9.35. The van der Waals surface area contributed by atoms with Gasteiger partial charge in [-0.1, -0.05) is 12.1 Å². The van der Waals surface area contributed by atoms with Gasteiger partial charge < -0.3 is 10.6 Å². The van der Waals surface area contributed by atoms with Gasteiger partial charge in [-0.3, -0.25) is 0 Å². The number of aryl methyl sites for hydroxylation is 1. The van der Waals surface area contributed by atoms with Crippen LogP contribution in [-0.4, -0.2) is 13.6 Å². The van der Waals surface area contributed by atoms with Gasteiger partial charge in [0.15, 0.2) is 0 Å². The van der Waals surface area contributed by atoms with E-state index in [0.717, 1.165) is 6.54 Å². The topological polar surface area (TPSA) is 29.3 Å². The fourth-order valence-corrected chi connectivity index (χ4v) is 1.44. The fraction of sp³-hybridized carbons (Fsp3) is 0.455. The highest BCUT2D eigenvalue weighted by molar-refractivity contribution is 5.53. The Bertz CT molecular complexity index is 281. The van der Waals surface area contributed by atoms with Crippen LogP contribution < -0.4 is 10.6 Å². The summed E-state index contributed by atoms with van der Waals surface area (Å²) in [6, 6.07) is 6.39. The van der Waals surface area contributed by atoms with Gasteiger partial charge in [-0.25, -0.2) is 0 Å². The Balaban J connectivity index is 2.98. The Hall–Kier alpha value is -1.02. The number of rotatable bonds is 3. The number of benzene rings is 1. The lowest BCUT2D eigenvalue weighted by molar-refractivity contribution is 0.957. The van der Waals surface area contributed by atoms with E-state index in [2.05, 4.69) is 44.0 Å². The number of nitrogens with zero attached hydrogens (tertiary/aromatic N) is 1. The minimum atomic E-state index is 0.622. The lowest BCUT2D eigenvalue weighted by Gasteiger charge is -2.19. The van der Waals surface area contributed by atoms with E-state index in [-0.39, 0.29) is 0 Å². The molecule has 0 spiro atoms. The average Bonchev–Trinajstić information content (AvgIpc) is 2.16. The Morgan fingerprint density at radius 3 is 2.54 bits per heavy atom. The maximum absolute atomic E-state index is 5.56. The maximum atomic E-state index is 5.56. The van der Waals surface area contributed by atoms with E-state index in [1.165, 1.54) is 16.8 Å². The molecule has 1 aromatic carbocycles. The van der Waals surface area contributed by atoms with Gasteiger partial charge in [0.1, 0.15) is 0 Å². The third kappa shape index (κ3) is 2.22. The van der Waals surface area contributed by atoms with Gasteiger partial charge >= 0.3 is 0 Å². The monoisotopic (exact) mass is 178 g/mol. The molecule has 0 aliphatic rings. The summed E-state index contributed by atoms with van der Waals surface area (Å²) in [6.45, 7) is 5.93. The minimum Gasteiger partial charge on any atom is -0.375 e. The predicted molar refractivity (Wildman–Crippen MR) is 58.0 cm³/mol. The van der Waals surface area contributed by atoms with Crippen molar-refractivity contribution in [1.29, 1.82) is 0 Å². The van der Waals surface area contributed by atoms with Crippen LogP contribution in [0.4, 0.5) is 5.69 Å². The second-order valence-corrected chi connectivity index (χ2v) is 3.34. The molecule has 1 rings (SSSR count). The van der Waals surface area contributed by atoms with Gasteiger partial charge in [0.2, 0.25) is 0 Å². The minimum absolute atomic E-state index is 0.622. The molecule has 0 saturated carbocycles. The zero-order chi connectivity index (χ0) is 9.84. The van der Waals surface area contributed by atoms with E-state index in [0.29, 0.717) is 6.54 Å². The standard InChI is InChI=1S/C11H18N2/c1-4-13(3)11-6-5-10(8-12)7-9(11)2/h5-7H,4,8,12H2,1-3H3. The van der Waals surface area contributed by atoms with Crippen molar-refractivity contribution < 1.29 is 0 Å². The molecule has 0 radical (unpaired) electrons. The largest absolute Gasteiger partial charge is 0.375 e. The normalized spacial score (nSPS) is 10.2. The average molecular weight is 178 g/mol. The van der Waals surface area contributed by atoms with Crippen LogP contribution in [0.1, 0.15) is 18.1 Å². The lowest BCUT2D eigenvalue weighted by atomic mass is 10.1. The van der Waals surface area contributed by atoms with E-state index >= 15 is 0 Å². The summed E-state index contributed by atoms with van der Waals surface area (Å²) < 4.78 is 0. The zero-order valence-corrected chi connectivity index (χ0v) is 8.67. The Morgan fingerprint density at radius 1 is 1.38 bits per heavy atom. The first-order valence-corrected chi connectivity index (χ1v) is 4.69. The van der Waals surface area contributed by atoms with Gasteiger partial charge in [0.05, 0.1) is 0 Å². The molecule has 0 atom stereocenters. The summed E-state index contributed by atoms with van der Waals surface area (Å²) in [5, 5.41) is 0. The first kappa shape index (κ1) is 10.1. The molecule has 1 aromatic rings. The van der Waals surface area contributed by atoms with Crippen molar-refractivity contribution in [3.63, 3.8) is 0 Å². The fourth-order valence-electron chi connectivity index (χ4n) is 1.44. The van der Waals surface area contributed by atoms with Crippen molar-refractivity contribution in [2.45, 2.75) is 20.4 Å². The van der Waals surface area contributed by atoms with Crippen molar-refractivity contribution in [2.24, 2.45) is 5.73 Å². The summed E-state index contributed by atoms with van der Waals surface area (Å²) in [4.78, 5) is 2.23. The number of anilines is 1. The van der Waals surface area contributed by atoms with Crippen LogP contribution in [0.3, 0.4) is 0 Å². The summed E-state index contributed by atoms with van der Waals surface area (Å²) in [5.74, 6) is 0. The molecule has 0 heterocycles. The van der Waals surface area contributed by atoms with E-state index in [9.17, 15) is 0 Å². The molecule has 0 fully saturated rings. The highest BCUT2D eigenvalue weighted by Gasteiger charge is 2.02. The molecule has 2 nitrogen and oxygen atoms in total. The summed E-state index contributed by atoms with van der Waals surface area (Å²) >= 11 is 0. The molecule has 13 heavy (non-hydrogen) atoms. The molecule has 0 saturated heterocycles. The number of hydrogen-bond donors (Lipinski definition) is 1. The Kier molecular flexibility index (Phi) is 3.32. The first-order chi connectivity index (χ1) is 6.19. The van der Waals surface area contributed by atoms with Crippen LogP contribution in [0.5, 0.6) is 0 Å². The molecule has 0 unspecified atom stereocenters. The van der Waals surface area contributed by atoms with E-state index in [1.807, 2.05) is 0 Å². The highest BCUT2D eigenvalue weighted by atomic mass is 15.1. The lowest BCUT2D eigenvalue weighted by Crippen LogP contribution is -2.17. The van der Waals surface area contributed by atoms with E-state index in [4.69, 9.17) is 5.73 Å². The highest BCUT2D eigenvalue weighted by Crippen LogP contribution is 2.19. The number of nitrogens with two attached hydrogens (primary N) is 1. The molecular weight excluding hydrogens is 160 g/mol. The quantitative estimate of drug-likeness (QED) is 0.766. The van der Waals surface area contributed by atoms with Gasteiger partial charge in [-0.15, -0.1) is 0 Å². The second-order valence-electron chi connectivity index (χ2n) is 3.34. The molecule has 2 heteroatoms. The smallest absolute Gasteiger partial charge is 0.0393 e. The van der Waals surface area contributed by atoms with Gasteiger partial charge in [0, 0.05) is 25.8 Å². The Morgan fingerprint density at radius 2 is 2.08 bits per heavy atom. The summed E-state index contributed by atoms with van der Waals surface area (Å²) in [7, 11) is 2.10. The van der Waals surface area contributed by atoms with Crippen LogP contribution in [-0.2, 0) is 6.54 Å². The van der Waals surface area contributed by atoms with Gasteiger partial charge in [-0.05, 0) is 31.0 Å². The van der Waals surface area contributed by atoms with Crippen molar-refractivity contribution in [3.8, 4) is 0 Å². The van der Waals surface area contributed by atoms with Crippen molar-refractivity contribution in [2.75, 3.05) is 18.5 Å². The number of hydrogen-bond acceptors (Lipinski definition) is 2.